The van der Waals surface area contributed by atoms with E-state index in [-0.39, 0.29) is 0 Å². The van der Waals surface area contributed by atoms with Crippen LogP contribution in [0.25, 0.3) is 0 Å². The number of rotatable bonds is 7. The fraction of sp³-hybridized carbons (Fsp3) is 0.917. The lowest BCUT2D eigenvalue weighted by atomic mass is 10.4. The summed E-state index contributed by atoms with van der Waals surface area (Å²) >= 11 is 0. The highest BCUT2D eigenvalue weighted by Crippen LogP contribution is 2.07. The zero-order valence-corrected chi connectivity index (χ0v) is 11.2. The van der Waals surface area contributed by atoms with E-state index in [0.717, 1.165) is 25.9 Å². The van der Waals surface area contributed by atoms with Crippen molar-refractivity contribution >= 4 is 5.91 Å². The van der Waals surface area contributed by atoms with Crippen LogP contribution in [0, 0.1) is 0 Å². The molecule has 1 amide bonds. The molecule has 0 aromatic carbocycles. The van der Waals surface area contributed by atoms with Crippen molar-refractivity contribution in [1.82, 2.24) is 4.90 Å². The fourth-order valence-corrected chi connectivity index (χ4v) is 1.43. The van der Waals surface area contributed by atoms with Crippen LogP contribution in [0.15, 0.2) is 0 Å². The predicted molar refractivity (Wildman–Crippen MR) is 66.1 cm³/mol. The van der Waals surface area contributed by atoms with Crippen molar-refractivity contribution in [3.63, 3.8) is 0 Å². The number of amides is 1. The highest BCUT2D eigenvalue weighted by atomic mass is 16.5. The van der Waals surface area contributed by atoms with Gasteiger partial charge in [0.15, 0.2) is 0 Å². The second-order valence-electron chi connectivity index (χ2n) is 3.67. The standard InChI is InChI=1S/C6H11NO.C6H14O3/c1-2-7-5-3-4-6(7)8;1-7-3-5-9-6-4-8-2/h2-5H2,1H3;3-6H2,1-2H3. The van der Waals surface area contributed by atoms with Crippen molar-refractivity contribution in [1.29, 1.82) is 0 Å². The van der Waals surface area contributed by atoms with Gasteiger partial charge in [-0.2, -0.15) is 0 Å². The van der Waals surface area contributed by atoms with Crippen LogP contribution in [-0.4, -0.2) is 64.5 Å². The van der Waals surface area contributed by atoms with Gasteiger partial charge >= 0.3 is 0 Å². The Labute approximate surface area is 104 Å². The number of hydrogen-bond donors (Lipinski definition) is 0. The number of likely N-dealkylation sites (tertiary alicyclic amines) is 1. The van der Waals surface area contributed by atoms with Crippen LogP contribution in [0.2, 0.25) is 0 Å². The minimum absolute atomic E-state index is 0.326. The molecule has 5 heteroatoms. The van der Waals surface area contributed by atoms with Gasteiger partial charge in [0, 0.05) is 33.7 Å². The van der Waals surface area contributed by atoms with Crippen LogP contribution in [0.4, 0.5) is 0 Å². The minimum atomic E-state index is 0.326. The Morgan fingerprint density at radius 1 is 1.12 bits per heavy atom. The molecule has 17 heavy (non-hydrogen) atoms. The molecule has 1 aliphatic rings. The topological polar surface area (TPSA) is 48.0 Å². The van der Waals surface area contributed by atoms with Gasteiger partial charge in [0.05, 0.1) is 26.4 Å². The van der Waals surface area contributed by atoms with Crippen LogP contribution in [0.5, 0.6) is 0 Å². The SMILES string of the molecule is CCN1CCCC1=O.COCCOCCOC. The number of carbonyl (C=O) groups excluding carboxylic acids is 1. The molecule has 0 radical (unpaired) electrons. The quantitative estimate of drug-likeness (QED) is 0.628. The Bertz CT molecular complexity index is 181. The van der Waals surface area contributed by atoms with Gasteiger partial charge in [-0.3, -0.25) is 4.79 Å². The lowest BCUT2D eigenvalue weighted by Gasteiger charge is -2.10. The summed E-state index contributed by atoms with van der Waals surface area (Å²) in [6, 6.07) is 0. The second-order valence-corrected chi connectivity index (χ2v) is 3.67. The van der Waals surface area contributed by atoms with Gasteiger partial charge in [0.2, 0.25) is 5.91 Å². The number of ether oxygens (including phenoxy) is 3. The molecule has 0 N–H and O–H groups in total. The van der Waals surface area contributed by atoms with Gasteiger partial charge in [-0.15, -0.1) is 0 Å². The Morgan fingerprint density at radius 2 is 1.71 bits per heavy atom. The predicted octanol–water partition coefficient (Wildman–Crippen LogP) is 0.925. The van der Waals surface area contributed by atoms with Crippen molar-refractivity contribution in [2.75, 3.05) is 53.7 Å². The maximum atomic E-state index is 10.7. The van der Waals surface area contributed by atoms with E-state index in [1.54, 1.807) is 14.2 Å². The van der Waals surface area contributed by atoms with E-state index in [9.17, 15) is 4.79 Å². The number of hydrogen-bond acceptors (Lipinski definition) is 4. The Morgan fingerprint density at radius 3 is 2.00 bits per heavy atom. The zero-order valence-electron chi connectivity index (χ0n) is 11.2. The Hall–Kier alpha value is -0.650. The summed E-state index contributed by atoms with van der Waals surface area (Å²) in [4.78, 5) is 12.6. The van der Waals surface area contributed by atoms with Crippen LogP contribution >= 0.6 is 0 Å². The number of methoxy groups -OCH3 is 2. The van der Waals surface area contributed by atoms with Crippen LogP contribution in [0.1, 0.15) is 19.8 Å². The van der Waals surface area contributed by atoms with Crippen LogP contribution < -0.4 is 0 Å². The van der Waals surface area contributed by atoms with Gasteiger partial charge in [0.1, 0.15) is 0 Å². The van der Waals surface area contributed by atoms with E-state index in [4.69, 9.17) is 14.2 Å². The smallest absolute Gasteiger partial charge is 0.222 e. The van der Waals surface area contributed by atoms with Crippen molar-refractivity contribution in [2.45, 2.75) is 19.8 Å². The molecule has 0 aliphatic carbocycles. The third-order valence-corrected chi connectivity index (χ3v) is 2.42. The van der Waals surface area contributed by atoms with Gasteiger partial charge in [-0.05, 0) is 13.3 Å². The molecule has 102 valence electrons. The molecule has 1 rings (SSSR count). The molecule has 0 aromatic heterocycles. The first-order chi connectivity index (χ1) is 8.26. The molecule has 0 unspecified atom stereocenters. The summed E-state index contributed by atoms with van der Waals surface area (Å²) in [5.41, 5.74) is 0. The summed E-state index contributed by atoms with van der Waals surface area (Å²) < 4.78 is 14.6. The number of carbonyl (C=O) groups is 1. The van der Waals surface area contributed by atoms with Crippen LogP contribution in [-0.2, 0) is 19.0 Å². The Balaban J connectivity index is 0.000000302. The molecule has 1 heterocycles. The molecule has 5 nitrogen and oxygen atoms in total. The summed E-state index contributed by atoms with van der Waals surface area (Å²) in [5.74, 6) is 0.326. The van der Waals surface area contributed by atoms with Gasteiger partial charge in [-0.1, -0.05) is 0 Å². The van der Waals surface area contributed by atoms with E-state index >= 15 is 0 Å². The first-order valence-corrected chi connectivity index (χ1v) is 6.09. The molecule has 0 spiro atoms. The molecule has 1 aliphatic heterocycles. The lowest BCUT2D eigenvalue weighted by molar-refractivity contribution is -0.127. The van der Waals surface area contributed by atoms with Gasteiger partial charge < -0.3 is 19.1 Å². The molecule has 0 bridgehead atoms. The molecule has 1 saturated heterocycles. The molecule has 0 atom stereocenters. The van der Waals surface area contributed by atoms with Gasteiger partial charge in [0.25, 0.3) is 0 Å². The van der Waals surface area contributed by atoms with Crippen molar-refractivity contribution in [3.05, 3.63) is 0 Å². The molecular formula is C12H25NO4. The van der Waals surface area contributed by atoms with Gasteiger partial charge in [-0.25, -0.2) is 0 Å². The van der Waals surface area contributed by atoms with Crippen molar-refractivity contribution < 1.29 is 19.0 Å². The van der Waals surface area contributed by atoms with E-state index in [1.165, 1.54) is 0 Å². The monoisotopic (exact) mass is 247 g/mol. The fourth-order valence-electron chi connectivity index (χ4n) is 1.43. The lowest BCUT2D eigenvalue weighted by Crippen LogP contribution is -2.23. The maximum absolute atomic E-state index is 10.7. The highest BCUT2D eigenvalue weighted by Gasteiger charge is 2.16. The Kier molecular flexibility index (Phi) is 11.4. The number of nitrogens with zero attached hydrogens (tertiary/aromatic N) is 1. The summed E-state index contributed by atoms with van der Waals surface area (Å²) in [6.45, 7) is 6.50. The first kappa shape index (κ1) is 16.4. The normalized spacial score (nSPS) is 14.8. The second kappa shape index (κ2) is 11.8. The zero-order chi connectivity index (χ0) is 12.9. The maximum Gasteiger partial charge on any atom is 0.222 e. The molecular weight excluding hydrogens is 222 g/mol. The summed E-state index contributed by atoms with van der Waals surface area (Å²) in [6.07, 6.45) is 1.83. The minimum Gasteiger partial charge on any atom is -0.382 e. The third-order valence-electron chi connectivity index (χ3n) is 2.42. The molecule has 0 aromatic rings. The van der Waals surface area contributed by atoms with E-state index in [2.05, 4.69) is 0 Å². The van der Waals surface area contributed by atoms with E-state index in [1.807, 2.05) is 11.8 Å². The highest BCUT2D eigenvalue weighted by molar-refractivity contribution is 5.77. The molecule has 1 fully saturated rings. The molecule has 0 saturated carbocycles. The largest absolute Gasteiger partial charge is 0.382 e. The average molecular weight is 247 g/mol. The third kappa shape index (κ3) is 9.09. The van der Waals surface area contributed by atoms with E-state index < -0.39 is 0 Å². The summed E-state index contributed by atoms with van der Waals surface area (Å²) in [5, 5.41) is 0. The van der Waals surface area contributed by atoms with Crippen LogP contribution in [0.3, 0.4) is 0 Å². The van der Waals surface area contributed by atoms with Crippen molar-refractivity contribution in [3.8, 4) is 0 Å². The average Bonchev–Trinajstić information content (AvgIpc) is 2.75. The van der Waals surface area contributed by atoms with Crippen molar-refractivity contribution in [2.24, 2.45) is 0 Å². The summed E-state index contributed by atoms with van der Waals surface area (Å²) in [7, 11) is 3.30. The first-order valence-electron chi connectivity index (χ1n) is 6.09. The van der Waals surface area contributed by atoms with E-state index in [0.29, 0.717) is 32.3 Å².